The van der Waals surface area contributed by atoms with Crippen LogP contribution in [0.15, 0.2) is 35.7 Å². The Morgan fingerprint density at radius 2 is 2.17 bits per heavy atom. The van der Waals surface area contributed by atoms with Crippen LogP contribution >= 0.6 is 11.3 Å². The summed E-state index contributed by atoms with van der Waals surface area (Å²) in [6.07, 6.45) is -0.401. The lowest BCUT2D eigenvalue weighted by atomic mass is 10.0. The molecule has 1 aromatic carbocycles. The summed E-state index contributed by atoms with van der Waals surface area (Å²) >= 11 is 1.43. The molecule has 0 aliphatic carbocycles. The molecule has 0 bridgehead atoms. The molecule has 2 atom stereocenters. The van der Waals surface area contributed by atoms with Gasteiger partial charge < -0.3 is 27.6 Å². The fourth-order valence-electron chi connectivity index (χ4n) is 2.34. The van der Waals surface area contributed by atoms with Crippen molar-refractivity contribution in [2.75, 3.05) is 13.7 Å². The summed E-state index contributed by atoms with van der Waals surface area (Å²) in [5.74, 6) is -0.239. The number of hydrogen-bond donors (Lipinski definition) is 2. The number of ether oxygens (including phenoxy) is 1. The van der Waals surface area contributed by atoms with Gasteiger partial charge in [0, 0.05) is 0 Å². The van der Waals surface area contributed by atoms with Gasteiger partial charge in [-0.25, -0.2) is 4.39 Å². The van der Waals surface area contributed by atoms with Gasteiger partial charge in [-0.15, -0.1) is 11.3 Å². The van der Waals surface area contributed by atoms with E-state index in [1.807, 2.05) is 29.8 Å². The fraction of sp³-hybridized carbons (Fsp3) is 0.353. The Morgan fingerprint density at radius 1 is 1.42 bits per heavy atom. The number of benzene rings is 1. The number of aliphatic hydroxyl groups is 1. The number of nitrogens with two attached hydrogens (primary N) is 1. The lowest BCUT2D eigenvalue weighted by Gasteiger charge is -2.18. The van der Waals surface area contributed by atoms with Crippen molar-refractivity contribution >= 4 is 17.1 Å². The maximum absolute atomic E-state index is 13.7. The molecule has 0 spiro atoms. The Labute approximate surface area is 151 Å². The lowest BCUT2D eigenvalue weighted by molar-refractivity contribution is -0.693. The predicted octanol–water partition coefficient (Wildman–Crippen LogP) is -0.842. The summed E-state index contributed by atoms with van der Waals surface area (Å²) < 4.78 is 18.6. The van der Waals surface area contributed by atoms with Gasteiger partial charge in [0.05, 0.1) is 25.0 Å². The third-order valence-corrected chi connectivity index (χ3v) is 4.63. The molecule has 0 saturated carbocycles. The maximum Gasteiger partial charge on any atom is 0.178 e. The minimum absolute atomic E-state index is 0. The molecule has 0 aliphatic heterocycles. The molecule has 0 aliphatic rings. The highest BCUT2D eigenvalue weighted by atomic mass is 35.5. The van der Waals surface area contributed by atoms with Gasteiger partial charge in [-0.3, -0.25) is 4.79 Å². The Hall–Kier alpha value is -1.47. The van der Waals surface area contributed by atoms with Crippen molar-refractivity contribution in [1.82, 2.24) is 0 Å². The molecule has 0 fully saturated rings. The standard InChI is InChI=1S/C17H20FNO3S.ClH/c1-11(19-8-7-14(20)16-4-3-9-23-16)17(21)12-5-6-15(22-2)13(18)10-12;/h3-6,9-11,17,19,21H,7-8H2,1-2H3;1H. The van der Waals surface area contributed by atoms with Crippen molar-refractivity contribution < 1.29 is 36.8 Å². The number of methoxy groups -OCH3 is 1. The van der Waals surface area contributed by atoms with Crippen molar-refractivity contribution in [2.45, 2.75) is 25.5 Å². The SMILES string of the molecule is COc1ccc(C(O)C(C)[NH2+]CCC(=O)c2cccs2)cc1F.[Cl-]. The van der Waals surface area contributed by atoms with Crippen LogP contribution in [-0.2, 0) is 0 Å². The van der Waals surface area contributed by atoms with Crippen molar-refractivity contribution in [3.8, 4) is 5.75 Å². The second kappa shape index (κ2) is 9.74. The molecule has 0 amide bonds. The minimum Gasteiger partial charge on any atom is -1.00 e. The van der Waals surface area contributed by atoms with Crippen molar-refractivity contribution in [3.63, 3.8) is 0 Å². The van der Waals surface area contributed by atoms with Crippen LogP contribution in [0.25, 0.3) is 0 Å². The third kappa shape index (κ3) is 5.27. The number of rotatable bonds is 8. The summed E-state index contributed by atoms with van der Waals surface area (Å²) in [5, 5.41) is 14.1. The molecular formula is C17H21ClFNO3S. The van der Waals surface area contributed by atoms with E-state index in [2.05, 4.69) is 0 Å². The van der Waals surface area contributed by atoms with Crippen LogP contribution in [-0.4, -0.2) is 30.6 Å². The van der Waals surface area contributed by atoms with Crippen LogP contribution in [0, 0.1) is 5.82 Å². The first-order chi connectivity index (χ1) is 11.0. The normalized spacial score (nSPS) is 13.0. The van der Waals surface area contributed by atoms with Gasteiger partial charge in [0.1, 0.15) is 12.1 Å². The molecule has 0 radical (unpaired) electrons. The summed E-state index contributed by atoms with van der Waals surface area (Å²) in [6, 6.07) is 7.91. The van der Waals surface area contributed by atoms with E-state index in [-0.39, 0.29) is 30.0 Å². The van der Waals surface area contributed by atoms with E-state index in [1.54, 1.807) is 6.07 Å². The van der Waals surface area contributed by atoms with Crippen LogP contribution < -0.4 is 22.5 Å². The first kappa shape index (κ1) is 20.6. The quantitative estimate of drug-likeness (QED) is 0.593. The molecule has 2 aromatic rings. The van der Waals surface area contributed by atoms with Crippen molar-refractivity contribution in [3.05, 3.63) is 52.0 Å². The summed E-state index contributed by atoms with van der Waals surface area (Å²) in [5.41, 5.74) is 0.497. The molecule has 7 heteroatoms. The monoisotopic (exact) mass is 373 g/mol. The van der Waals surface area contributed by atoms with Crippen molar-refractivity contribution in [2.24, 2.45) is 0 Å². The second-order valence-corrected chi connectivity index (χ2v) is 6.32. The summed E-state index contributed by atoms with van der Waals surface area (Å²) in [4.78, 5) is 12.7. The van der Waals surface area contributed by atoms with E-state index in [4.69, 9.17) is 4.74 Å². The molecule has 2 unspecified atom stereocenters. The van der Waals surface area contributed by atoms with Gasteiger partial charge >= 0.3 is 0 Å². The highest BCUT2D eigenvalue weighted by Crippen LogP contribution is 2.22. The molecule has 3 N–H and O–H groups in total. The van der Waals surface area contributed by atoms with Crippen LogP contribution in [0.2, 0.25) is 0 Å². The number of Topliss-reactive ketones (excluding diaryl/α,β-unsaturated/α-hetero) is 1. The number of halogens is 2. The Balaban J connectivity index is 0.00000288. The zero-order chi connectivity index (χ0) is 16.8. The van der Waals surface area contributed by atoms with E-state index in [1.165, 1.54) is 30.6 Å². The first-order valence-electron chi connectivity index (χ1n) is 7.44. The number of carbonyl (C=O) groups is 1. The maximum atomic E-state index is 13.7. The van der Waals surface area contributed by atoms with Gasteiger partial charge in [-0.1, -0.05) is 12.1 Å². The number of carbonyl (C=O) groups excluding carboxylic acids is 1. The molecule has 132 valence electrons. The van der Waals surface area contributed by atoms with E-state index < -0.39 is 11.9 Å². The summed E-state index contributed by atoms with van der Waals surface area (Å²) in [7, 11) is 1.40. The number of aliphatic hydroxyl groups excluding tert-OH is 1. The molecule has 1 aromatic heterocycles. The third-order valence-electron chi connectivity index (χ3n) is 3.72. The smallest absolute Gasteiger partial charge is 0.178 e. The minimum atomic E-state index is -0.813. The highest BCUT2D eigenvalue weighted by molar-refractivity contribution is 7.12. The van der Waals surface area contributed by atoms with Gasteiger partial charge in [0.25, 0.3) is 0 Å². The Bertz CT molecular complexity index is 651. The van der Waals surface area contributed by atoms with E-state index in [9.17, 15) is 14.3 Å². The topological polar surface area (TPSA) is 63.1 Å². The van der Waals surface area contributed by atoms with Crippen LogP contribution in [0.5, 0.6) is 5.75 Å². The van der Waals surface area contributed by atoms with E-state index >= 15 is 0 Å². The molecular weight excluding hydrogens is 353 g/mol. The first-order valence-corrected chi connectivity index (χ1v) is 8.32. The summed E-state index contributed by atoms with van der Waals surface area (Å²) in [6.45, 7) is 2.43. The zero-order valence-corrected chi connectivity index (χ0v) is 15.1. The number of hydrogen-bond acceptors (Lipinski definition) is 4. The van der Waals surface area contributed by atoms with Gasteiger partial charge in [-0.2, -0.15) is 0 Å². The predicted molar refractivity (Wildman–Crippen MR) is 87.4 cm³/mol. The number of ketones is 1. The van der Waals surface area contributed by atoms with Crippen LogP contribution in [0.4, 0.5) is 4.39 Å². The Morgan fingerprint density at radius 3 is 2.75 bits per heavy atom. The molecule has 1 heterocycles. The largest absolute Gasteiger partial charge is 1.00 e. The second-order valence-electron chi connectivity index (χ2n) is 5.37. The zero-order valence-electron chi connectivity index (χ0n) is 13.5. The van der Waals surface area contributed by atoms with Gasteiger partial charge in [-0.05, 0) is 36.1 Å². The number of quaternary nitrogens is 1. The van der Waals surface area contributed by atoms with Crippen LogP contribution in [0.3, 0.4) is 0 Å². The van der Waals surface area contributed by atoms with E-state index in [0.717, 1.165) is 4.88 Å². The van der Waals surface area contributed by atoms with Crippen molar-refractivity contribution in [1.29, 1.82) is 0 Å². The average molecular weight is 374 g/mol. The Kier molecular flexibility index (Phi) is 8.35. The fourth-order valence-corrected chi connectivity index (χ4v) is 3.03. The molecule has 4 nitrogen and oxygen atoms in total. The van der Waals surface area contributed by atoms with Gasteiger partial charge in [0.2, 0.25) is 0 Å². The molecule has 2 rings (SSSR count). The molecule has 24 heavy (non-hydrogen) atoms. The lowest BCUT2D eigenvalue weighted by Crippen LogP contribution is -3.00. The van der Waals surface area contributed by atoms with Crippen LogP contribution in [0.1, 0.15) is 34.7 Å². The van der Waals surface area contributed by atoms with Gasteiger partial charge in [0.15, 0.2) is 17.3 Å². The number of thiophene rings is 1. The van der Waals surface area contributed by atoms with E-state index in [0.29, 0.717) is 18.5 Å². The molecule has 0 saturated heterocycles. The highest BCUT2D eigenvalue weighted by Gasteiger charge is 2.21. The average Bonchev–Trinajstić information content (AvgIpc) is 3.08.